The minimum Gasteiger partial charge on any atom is -0.395 e. The Morgan fingerprint density at radius 2 is 2.43 bits per heavy atom. The second-order valence-electron chi connectivity index (χ2n) is 2.85. The predicted octanol–water partition coefficient (Wildman–Crippen LogP) is -0.107. The molecule has 0 spiro atoms. The van der Waals surface area contributed by atoms with Gasteiger partial charge in [0.25, 0.3) is 5.91 Å². The first-order valence-electron chi connectivity index (χ1n) is 4.27. The van der Waals surface area contributed by atoms with Gasteiger partial charge >= 0.3 is 0 Å². The molecule has 1 rings (SSSR count). The Labute approximate surface area is 82.0 Å². The maximum atomic E-state index is 10.9. The molecule has 0 atom stereocenters. The lowest BCUT2D eigenvalue weighted by atomic mass is 10.1. The molecule has 1 amide bonds. The normalized spacial score (nSPS) is 9.86. The van der Waals surface area contributed by atoms with Gasteiger partial charge in [0.15, 0.2) is 0 Å². The monoisotopic (exact) mass is 195 g/mol. The number of nitrogens with zero attached hydrogens (tertiary/aromatic N) is 1. The molecular weight excluding hydrogens is 182 g/mol. The highest BCUT2D eigenvalue weighted by atomic mass is 16.3. The zero-order valence-corrected chi connectivity index (χ0v) is 7.95. The van der Waals surface area contributed by atoms with Gasteiger partial charge in [0.2, 0.25) is 0 Å². The molecule has 0 radical (unpaired) electrons. The molecule has 0 aliphatic rings. The first-order chi connectivity index (χ1) is 6.66. The van der Waals surface area contributed by atoms with Gasteiger partial charge in [-0.15, -0.1) is 0 Å². The van der Waals surface area contributed by atoms with Gasteiger partial charge in [0, 0.05) is 24.0 Å². The highest BCUT2D eigenvalue weighted by molar-refractivity contribution is 5.93. The van der Waals surface area contributed by atoms with Crippen LogP contribution in [0.3, 0.4) is 0 Å². The van der Waals surface area contributed by atoms with Crippen LogP contribution >= 0.6 is 0 Å². The Morgan fingerprint density at radius 3 is 3.00 bits per heavy atom. The van der Waals surface area contributed by atoms with Gasteiger partial charge < -0.3 is 16.2 Å². The lowest BCUT2D eigenvalue weighted by Gasteiger charge is -2.09. The van der Waals surface area contributed by atoms with E-state index in [2.05, 4.69) is 10.3 Å². The lowest BCUT2D eigenvalue weighted by Crippen LogP contribution is -2.16. The smallest absolute Gasteiger partial charge is 0.267 e. The van der Waals surface area contributed by atoms with Crippen molar-refractivity contribution >= 4 is 11.6 Å². The molecule has 0 fully saturated rings. The molecule has 4 N–H and O–H groups in total. The van der Waals surface area contributed by atoms with Crippen molar-refractivity contribution in [2.75, 3.05) is 18.5 Å². The summed E-state index contributed by atoms with van der Waals surface area (Å²) in [6.07, 6.45) is 1.51. The van der Waals surface area contributed by atoms with Crippen molar-refractivity contribution in [3.8, 4) is 0 Å². The zero-order chi connectivity index (χ0) is 10.6. The standard InChI is InChI=1S/C9H13N3O2/c1-6-7(11-4-5-13)2-3-12-8(6)9(10)14/h2-3,13H,4-5H2,1H3,(H2,10,14)(H,11,12). The average Bonchev–Trinajstić information content (AvgIpc) is 2.16. The van der Waals surface area contributed by atoms with E-state index in [-0.39, 0.29) is 12.3 Å². The molecule has 0 saturated heterocycles. The number of aromatic nitrogens is 1. The molecule has 14 heavy (non-hydrogen) atoms. The van der Waals surface area contributed by atoms with Crippen molar-refractivity contribution < 1.29 is 9.90 Å². The van der Waals surface area contributed by atoms with Crippen LogP contribution in [0.2, 0.25) is 0 Å². The highest BCUT2D eigenvalue weighted by Crippen LogP contribution is 2.15. The number of rotatable bonds is 4. The van der Waals surface area contributed by atoms with Crippen LogP contribution in [-0.2, 0) is 0 Å². The van der Waals surface area contributed by atoms with Crippen LogP contribution in [0.4, 0.5) is 5.69 Å². The summed E-state index contributed by atoms with van der Waals surface area (Å²) in [6.45, 7) is 2.23. The number of nitrogens with two attached hydrogens (primary N) is 1. The average molecular weight is 195 g/mol. The maximum absolute atomic E-state index is 10.9. The van der Waals surface area contributed by atoms with Crippen LogP contribution in [0, 0.1) is 6.92 Å². The predicted molar refractivity (Wildman–Crippen MR) is 53.1 cm³/mol. The van der Waals surface area contributed by atoms with Gasteiger partial charge in [-0.2, -0.15) is 0 Å². The van der Waals surface area contributed by atoms with Crippen LogP contribution in [-0.4, -0.2) is 29.1 Å². The topological polar surface area (TPSA) is 88.2 Å². The summed E-state index contributed by atoms with van der Waals surface area (Å²) < 4.78 is 0. The van der Waals surface area contributed by atoms with E-state index in [4.69, 9.17) is 10.8 Å². The Hall–Kier alpha value is -1.62. The highest BCUT2D eigenvalue weighted by Gasteiger charge is 2.09. The Balaban J connectivity index is 2.95. The number of carbonyl (C=O) groups excluding carboxylic acids is 1. The summed E-state index contributed by atoms with van der Waals surface area (Å²) in [4.78, 5) is 14.8. The number of anilines is 1. The molecule has 1 heterocycles. The fourth-order valence-electron chi connectivity index (χ4n) is 1.17. The number of aliphatic hydroxyl groups is 1. The quantitative estimate of drug-likeness (QED) is 0.625. The third-order valence-corrected chi connectivity index (χ3v) is 1.86. The summed E-state index contributed by atoms with van der Waals surface area (Å²) in [7, 11) is 0. The molecule has 0 unspecified atom stereocenters. The van der Waals surface area contributed by atoms with Crippen molar-refractivity contribution in [2.24, 2.45) is 5.73 Å². The molecule has 1 aromatic rings. The molecule has 0 aromatic carbocycles. The Morgan fingerprint density at radius 1 is 1.71 bits per heavy atom. The van der Waals surface area contributed by atoms with Gasteiger partial charge in [0.05, 0.1) is 6.61 Å². The van der Waals surface area contributed by atoms with Crippen LogP contribution in [0.5, 0.6) is 0 Å². The lowest BCUT2D eigenvalue weighted by molar-refractivity contribution is 0.0995. The first kappa shape index (κ1) is 10.5. The van der Waals surface area contributed by atoms with E-state index in [1.165, 1.54) is 6.20 Å². The summed E-state index contributed by atoms with van der Waals surface area (Å²) >= 11 is 0. The number of hydrogen-bond acceptors (Lipinski definition) is 4. The molecule has 76 valence electrons. The van der Waals surface area contributed by atoms with Gasteiger partial charge in [-0.25, -0.2) is 0 Å². The Kier molecular flexibility index (Phi) is 3.41. The fourth-order valence-corrected chi connectivity index (χ4v) is 1.17. The number of nitrogens with one attached hydrogen (secondary N) is 1. The van der Waals surface area contributed by atoms with Crippen molar-refractivity contribution in [3.05, 3.63) is 23.5 Å². The molecule has 1 aromatic heterocycles. The van der Waals surface area contributed by atoms with E-state index in [1.54, 1.807) is 13.0 Å². The van der Waals surface area contributed by atoms with E-state index in [1.807, 2.05) is 0 Å². The number of pyridine rings is 1. The molecule has 0 aliphatic carbocycles. The number of carbonyl (C=O) groups is 1. The second-order valence-corrected chi connectivity index (χ2v) is 2.85. The second kappa shape index (κ2) is 4.57. The molecule has 0 saturated carbocycles. The van der Waals surface area contributed by atoms with Gasteiger partial charge in [-0.1, -0.05) is 0 Å². The van der Waals surface area contributed by atoms with Crippen molar-refractivity contribution in [1.82, 2.24) is 4.98 Å². The van der Waals surface area contributed by atoms with Crippen LogP contribution < -0.4 is 11.1 Å². The first-order valence-corrected chi connectivity index (χ1v) is 4.27. The Bertz CT molecular complexity index is 339. The SMILES string of the molecule is Cc1c(NCCO)ccnc1C(N)=O. The number of amides is 1. The summed E-state index contributed by atoms with van der Waals surface area (Å²) in [5.74, 6) is -0.546. The third-order valence-electron chi connectivity index (χ3n) is 1.86. The van der Waals surface area contributed by atoms with Crippen LogP contribution in [0.1, 0.15) is 16.1 Å². The van der Waals surface area contributed by atoms with Gasteiger partial charge in [-0.05, 0) is 13.0 Å². The van der Waals surface area contributed by atoms with Crippen molar-refractivity contribution in [3.63, 3.8) is 0 Å². The fraction of sp³-hybridized carbons (Fsp3) is 0.333. The van der Waals surface area contributed by atoms with Crippen molar-refractivity contribution in [2.45, 2.75) is 6.92 Å². The minimum absolute atomic E-state index is 0.0354. The number of hydrogen-bond donors (Lipinski definition) is 3. The van der Waals surface area contributed by atoms with Crippen molar-refractivity contribution in [1.29, 1.82) is 0 Å². The minimum atomic E-state index is -0.546. The summed E-state index contributed by atoms with van der Waals surface area (Å²) in [5, 5.41) is 11.6. The van der Waals surface area contributed by atoms with Crippen LogP contribution in [0.15, 0.2) is 12.3 Å². The summed E-state index contributed by atoms with van der Waals surface area (Å²) in [6, 6.07) is 1.73. The van der Waals surface area contributed by atoms with E-state index in [9.17, 15) is 4.79 Å². The van der Waals surface area contributed by atoms with Crippen LogP contribution in [0.25, 0.3) is 0 Å². The molecule has 5 heteroatoms. The van der Waals surface area contributed by atoms with Gasteiger partial charge in [-0.3, -0.25) is 9.78 Å². The molecule has 5 nitrogen and oxygen atoms in total. The zero-order valence-electron chi connectivity index (χ0n) is 7.95. The van der Waals surface area contributed by atoms with E-state index < -0.39 is 5.91 Å². The molecular formula is C9H13N3O2. The van der Waals surface area contributed by atoms with E-state index in [0.29, 0.717) is 12.1 Å². The van der Waals surface area contributed by atoms with E-state index >= 15 is 0 Å². The largest absolute Gasteiger partial charge is 0.395 e. The van der Waals surface area contributed by atoms with Gasteiger partial charge in [0.1, 0.15) is 5.69 Å². The molecule has 0 bridgehead atoms. The van der Waals surface area contributed by atoms with E-state index in [0.717, 1.165) is 5.69 Å². The maximum Gasteiger partial charge on any atom is 0.267 e. The third kappa shape index (κ3) is 2.20. The number of aliphatic hydroxyl groups excluding tert-OH is 1. The number of primary amides is 1. The summed E-state index contributed by atoms with van der Waals surface area (Å²) in [5.41, 5.74) is 6.86. The molecule has 0 aliphatic heterocycles.